The van der Waals surface area contributed by atoms with E-state index < -0.39 is 5.82 Å². The molecule has 0 aliphatic carbocycles. The van der Waals surface area contributed by atoms with E-state index in [1.54, 1.807) is 26.2 Å². The second kappa shape index (κ2) is 8.68. The van der Waals surface area contributed by atoms with Crippen molar-refractivity contribution in [2.45, 2.75) is 18.5 Å². The molecule has 0 aliphatic rings. The number of rotatable bonds is 7. The molecule has 1 amide bonds. The zero-order chi connectivity index (χ0) is 19.2. The van der Waals surface area contributed by atoms with Crippen molar-refractivity contribution in [3.63, 3.8) is 0 Å². The molecule has 27 heavy (non-hydrogen) atoms. The van der Waals surface area contributed by atoms with Crippen LogP contribution in [0.25, 0.3) is 0 Å². The van der Waals surface area contributed by atoms with Crippen LogP contribution in [0.2, 0.25) is 0 Å². The number of hydrogen-bond acceptors (Lipinski definition) is 5. The predicted molar refractivity (Wildman–Crippen MR) is 103 cm³/mol. The van der Waals surface area contributed by atoms with Gasteiger partial charge in [0, 0.05) is 6.42 Å². The highest BCUT2D eigenvalue weighted by molar-refractivity contribution is 7.99. The van der Waals surface area contributed by atoms with Gasteiger partial charge in [-0.1, -0.05) is 30.0 Å². The van der Waals surface area contributed by atoms with Crippen molar-refractivity contribution in [1.29, 1.82) is 0 Å². The van der Waals surface area contributed by atoms with Crippen molar-refractivity contribution in [3.8, 4) is 5.75 Å². The van der Waals surface area contributed by atoms with Gasteiger partial charge in [-0.2, -0.15) is 0 Å². The quantitative estimate of drug-likeness (QED) is 0.607. The molecule has 0 saturated heterocycles. The molecule has 0 bridgehead atoms. The van der Waals surface area contributed by atoms with Crippen LogP contribution in [0.5, 0.6) is 5.75 Å². The van der Waals surface area contributed by atoms with E-state index in [2.05, 4.69) is 20.5 Å². The maximum Gasteiger partial charge on any atom is 0.234 e. The second-order valence-corrected chi connectivity index (χ2v) is 6.85. The molecular formula is C19H19FN4O2S. The lowest BCUT2D eigenvalue weighted by Crippen LogP contribution is -2.15. The third-order valence-electron chi connectivity index (χ3n) is 3.77. The van der Waals surface area contributed by atoms with Crippen molar-refractivity contribution < 1.29 is 13.9 Å². The molecule has 2 aromatic carbocycles. The number of carbonyl (C=O) groups excluding carboxylic acids is 1. The Kier molecular flexibility index (Phi) is 6.08. The summed E-state index contributed by atoms with van der Waals surface area (Å²) < 4.78 is 18.9. The van der Waals surface area contributed by atoms with Crippen LogP contribution in [0, 0.1) is 12.7 Å². The van der Waals surface area contributed by atoms with E-state index >= 15 is 0 Å². The molecule has 0 spiro atoms. The van der Waals surface area contributed by atoms with Crippen molar-refractivity contribution in [2.75, 3.05) is 18.2 Å². The average molecular weight is 386 g/mol. The smallest absolute Gasteiger partial charge is 0.234 e. The zero-order valence-electron chi connectivity index (χ0n) is 15.0. The van der Waals surface area contributed by atoms with E-state index in [4.69, 9.17) is 4.74 Å². The first kappa shape index (κ1) is 18.9. The SMILES string of the molecule is COc1ccc(Cc2nc(SCC(=O)Nc3ccc(C)cc3F)n[nH]2)cc1. The molecule has 8 heteroatoms. The van der Waals surface area contributed by atoms with Gasteiger partial charge in [-0.05, 0) is 42.3 Å². The van der Waals surface area contributed by atoms with Crippen LogP contribution in [0.4, 0.5) is 10.1 Å². The maximum atomic E-state index is 13.8. The van der Waals surface area contributed by atoms with Gasteiger partial charge in [0.15, 0.2) is 0 Å². The van der Waals surface area contributed by atoms with Crippen LogP contribution >= 0.6 is 11.8 Å². The van der Waals surface area contributed by atoms with Crippen LogP contribution in [0.3, 0.4) is 0 Å². The molecule has 6 nitrogen and oxygen atoms in total. The number of methoxy groups -OCH3 is 1. The largest absolute Gasteiger partial charge is 0.497 e. The Morgan fingerprint density at radius 1 is 1.26 bits per heavy atom. The number of aryl methyl sites for hydroxylation is 1. The Hall–Kier alpha value is -2.87. The van der Waals surface area contributed by atoms with Crippen LogP contribution in [-0.4, -0.2) is 34.0 Å². The summed E-state index contributed by atoms with van der Waals surface area (Å²) in [5.74, 6) is 0.821. The summed E-state index contributed by atoms with van der Waals surface area (Å²) >= 11 is 1.19. The topological polar surface area (TPSA) is 79.9 Å². The third-order valence-corrected chi connectivity index (χ3v) is 4.62. The molecule has 3 rings (SSSR count). The monoisotopic (exact) mass is 386 g/mol. The minimum atomic E-state index is -0.451. The molecule has 0 saturated carbocycles. The first-order chi connectivity index (χ1) is 13.0. The lowest BCUT2D eigenvalue weighted by molar-refractivity contribution is -0.113. The normalized spacial score (nSPS) is 10.6. The first-order valence-corrected chi connectivity index (χ1v) is 9.25. The summed E-state index contributed by atoms with van der Waals surface area (Å²) in [5, 5.41) is 9.99. The lowest BCUT2D eigenvalue weighted by Gasteiger charge is -2.06. The highest BCUT2D eigenvalue weighted by Crippen LogP contribution is 2.18. The van der Waals surface area contributed by atoms with E-state index in [9.17, 15) is 9.18 Å². The van der Waals surface area contributed by atoms with Crippen molar-refractivity contribution in [3.05, 3.63) is 65.2 Å². The number of benzene rings is 2. The molecule has 0 atom stereocenters. The Labute approximate surface area is 160 Å². The fourth-order valence-corrected chi connectivity index (χ4v) is 3.01. The minimum absolute atomic E-state index is 0.0904. The minimum Gasteiger partial charge on any atom is -0.497 e. The number of nitrogens with one attached hydrogen (secondary N) is 2. The number of anilines is 1. The number of aromatic nitrogens is 3. The summed E-state index contributed by atoms with van der Waals surface area (Å²) in [6.45, 7) is 1.79. The number of amides is 1. The Morgan fingerprint density at radius 3 is 2.74 bits per heavy atom. The molecule has 140 valence electrons. The molecule has 0 fully saturated rings. The zero-order valence-corrected chi connectivity index (χ0v) is 15.8. The Balaban J connectivity index is 1.52. The van der Waals surface area contributed by atoms with E-state index in [1.165, 1.54) is 17.8 Å². The Morgan fingerprint density at radius 2 is 2.04 bits per heavy atom. The van der Waals surface area contributed by atoms with Gasteiger partial charge in [-0.15, -0.1) is 5.10 Å². The Bertz CT molecular complexity index is 928. The van der Waals surface area contributed by atoms with Gasteiger partial charge in [0.05, 0.1) is 18.6 Å². The lowest BCUT2D eigenvalue weighted by atomic mass is 10.1. The third kappa shape index (κ3) is 5.30. The van der Waals surface area contributed by atoms with Crippen LogP contribution in [0.1, 0.15) is 17.0 Å². The van der Waals surface area contributed by atoms with Gasteiger partial charge < -0.3 is 10.1 Å². The van der Waals surface area contributed by atoms with Crippen LogP contribution < -0.4 is 10.1 Å². The summed E-state index contributed by atoms with van der Waals surface area (Å²) in [6, 6.07) is 12.4. The fraction of sp³-hybridized carbons (Fsp3) is 0.211. The summed E-state index contributed by atoms with van der Waals surface area (Å²) in [6.07, 6.45) is 0.596. The van der Waals surface area contributed by atoms with Gasteiger partial charge in [0.2, 0.25) is 11.1 Å². The molecular weight excluding hydrogens is 367 g/mol. The van der Waals surface area contributed by atoms with E-state index in [1.807, 2.05) is 24.3 Å². The molecule has 3 aromatic rings. The molecule has 0 aliphatic heterocycles. The maximum absolute atomic E-state index is 13.8. The van der Waals surface area contributed by atoms with Gasteiger partial charge in [0.25, 0.3) is 0 Å². The van der Waals surface area contributed by atoms with Gasteiger partial charge in [-0.25, -0.2) is 9.37 Å². The molecule has 2 N–H and O–H groups in total. The molecule has 0 unspecified atom stereocenters. The number of H-pyrrole nitrogens is 1. The molecule has 1 aromatic heterocycles. The number of aromatic amines is 1. The first-order valence-electron chi connectivity index (χ1n) is 8.26. The van der Waals surface area contributed by atoms with Crippen LogP contribution in [-0.2, 0) is 11.2 Å². The molecule has 1 heterocycles. The fourth-order valence-electron chi connectivity index (χ4n) is 2.40. The number of carbonyl (C=O) groups is 1. The predicted octanol–water partition coefficient (Wildman–Crippen LogP) is 3.58. The summed E-state index contributed by atoms with van der Waals surface area (Å²) in [4.78, 5) is 16.4. The average Bonchev–Trinajstić information content (AvgIpc) is 3.10. The number of nitrogens with zero attached hydrogens (tertiary/aromatic N) is 2. The second-order valence-electron chi connectivity index (χ2n) is 5.91. The van der Waals surface area contributed by atoms with Crippen molar-refractivity contribution in [2.24, 2.45) is 0 Å². The van der Waals surface area contributed by atoms with E-state index in [-0.39, 0.29) is 17.3 Å². The van der Waals surface area contributed by atoms with Gasteiger partial charge in [0.1, 0.15) is 17.4 Å². The molecule has 0 radical (unpaired) electrons. The van der Waals surface area contributed by atoms with Gasteiger partial charge >= 0.3 is 0 Å². The standard InChI is InChI=1S/C19H19FN4O2S/c1-12-3-8-16(15(20)9-12)21-18(25)11-27-19-22-17(23-24-19)10-13-4-6-14(26-2)7-5-13/h3-9H,10-11H2,1-2H3,(H,21,25)(H,22,23,24). The number of thioether (sulfide) groups is 1. The number of ether oxygens (including phenoxy) is 1. The number of hydrogen-bond donors (Lipinski definition) is 2. The van der Waals surface area contributed by atoms with Crippen LogP contribution in [0.15, 0.2) is 47.6 Å². The number of halogens is 1. The summed E-state index contributed by atoms with van der Waals surface area (Å²) in [7, 11) is 1.62. The van der Waals surface area contributed by atoms with E-state index in [0.717, 1.165) is 16.9 Å². The van der Waals surface area contributed by atoms with E-state index in [0.29, 0.717) is 17.4 Å². The van der Waals surface area contributed by atoms with Crippen molar-refractivity contribution in [1.82, 2.24) is 15.2 Å². The highest BCUT2D eigenvalue weighted by atomic mass is 32.2. The highest BCUT2D eigenvalue weighted by Gasteiger charge is 2.10. The van der Waals surface area contributed by atoms with Crippen molar-refractivity contribution >= 4 is 23.4 Å². The summed E-state index contributed by atoms with van der Waals surface area (Å²) in [5.41, 5.74) is 2.03. The van der Waals surface area contributed by atoms with Gasteiger partial charge in [-0.3, -0.25) is 9.89 Å².